The van der Waals surface area contributed by atoms with E-state index in [1.165, 1.54) is 37.1 Å². The van der Waals surface area contributed by atoms with Crippen LogP contribution in [0.1, 0.15) is 143 Å². The number of allylic oxidation sites excluding steroid dienone is 2. The lowest BCUT2D eigenvalue weighted by molar-refractivity contribution is -0.384. The van der Waals surface area contributed by atoms with E-state index < -0.39 is 39.8 Å². The second-order valence-corrected chi connectivity index (χ2v) is 19.3. The van der Waals surface area contributed by atoms with Crippen molar-refractivity contribution < 1.29 is 38.3 Å². The number of esters is 3. The number of nitrogens with zero attached hydrogens (tertiary/aromatic N) is 1. The molecule has 10 atom stereocenters. The van der Waals surface area contributed by atoms with Crippen LogP contribution in [0.4, 0.5) is 5.69 Å². The van der Waals surface area contributed by atoms with Gasteiger partial charge in [0, 0.05) is 30.5 Å². The predicted molar refractivity (Wildman–Crippen MR) is 205 cm³/mol. The number of rotatable bonds is 12. The van der Waals surface area contributed by atoms with E-state index >= 15 is 0 Å². The van der Waals surface area contributed by atoms with Crippen LogP contribution in [0.5, 0.6) is 0 Å². The second kappa shape index (κ2) is 15.9. The quantitative estimate of drug-likeness (QED) is 0.0510. The minimum atomic E-state index is -1.03. The van der Waals surface area contributed by atoms with Gasteiger partial charge in [-0.1, -0.05) is 32.9 Å². The van der Waals surface area contributed by atoms with Crippen molar-refractivity contribution in [2.75, 3.05) is 0 Å². The van der Waals surface area contributed by atoms with Crippen LogP contribution in [0.15, 0.2) is 36.4 Å². The topological polar surface area (TPSA) is 139 Å². The summed E-state index contributed by atoms with van der Waals surface area (Å²) in [6, 6.07) is 5.25. The highest BCUT2D eigenvalue weighted by molar-refractivity contribution is 5.99. The van der Waals surface area contributed by atoms with E-state index in [2.05, 4.69) is 32.9 Å². The Kier molecular flexibility index (Phi) is 12.2. The molecule has 4 aliphatic rings. The van der Waals surface area contributed by atoms with E-state index in [1.54, 1.807) is 20.8 Å². The number of hydrogen-bond acceptors (Lipinski definition) is 9. The minimum Gasteiger partial charge on any atom is -0.462 e. The highest BCUT2D eigenvalue weighted by atomic mass is 16.6. The number of nitro benzene ring substituents is 1. The molecular weight excluding hydrogens is 686 g/mol. The van der Waals surface area contributed by atoms with E-state index in [0.717, 1.165) is 38.5 Å². The summed E-state index contributed by atoms with van der Waals surface area (Å²) < 4.78 is 17.3. The average Bonchev–Trinajstić information content (AvgIpc) is 3.42. The van der Waals surface area contributed by atoms with Gasteiger partial charge in [-0.15, -0.1) is 0 Å². The lowest BCUT2D eigenvalue weighted by Crippen LogP contribution is -2.52. The Morgan fingerprint density at radius 2 is 1.54 bits per heavy atom. The molecule has 1 aromatic rings. The maximum atomic E-state index is 13.8. The first-order valence-corrected chi connectivity index (χ1v) is 20.2. The maximum absolute atomic E-state index is 13.8. The molecule has 0 saturated heterocycles. The van der Waals surface area contributed by atoms with Crippen LogP contribution in [0.2, 0.25) is 0 Å². The largest absolute Gasteiger partial charge is 0.462 e. The van der Waals surface area contributed by atoms with Crippen molar-refractivity contribution in [3.05, 3.63) is 52.1 Å². The number of ether oxygens (including phenoxy) is 3. The number of benzene rings is 1. The first-order valence-electron chi connectivity index (χ1n) is 20.2. The lowest BCUT2D eigenvalue weighted by Gasteiger charge is -2.59. The summed E-state index contributed by atoms with van der Waals surface area (Å²) in [5.41, 5.74) is -0.934. The first kappa shape index (κ1) is 41.6. The summed E-state index contributed by atoms with van der Waals surface area (Å²) in [6.45, 7) is 18.2. The zero-order valence-corrected chi connectivity index (χ0v) is 34.0. The molecule has 0 aromatic heterocycles. The molecule has 298 valence electrons. The summed E-state index contributed by atoms with van der Waals surface area (Å²) in [7, 11) is 0. The molecule has 5 rings (SSSR count). The Bertz CT molecular complexity index is 1600. The Hall–Kier alpha value is -3.56. The third-order valence-corrected chi connectivity index (χ3v) is 13.3. The van der Waals surface area contributed by atoms with Crippen LogP contribution in [0.25, 0.3) is 0 Å². The van der Waals surface area contributed by atoms with Gasteiger partial charge in [-0.25, -0.2) is 0 Å². The Morgan fingerprint density at radius 1 is 0.889 bits per heavy atom. The summed E-state index contributed by atoms with van der Waals surface area (Å²) >= 11 is 0. The van der Waals surface area contributed by atoms with Gasteiger partial charge in [-0.05, 0) is 151 Å². The normalized spacial score (nSPS) is 31.6. The lowest BCUT2D eigenvalue weighted by atomic mass is 9.46. The van der Waals surface area contributed by atoms with E-state index in [0.29, 0.717) is 41.9 Å². The van der Waals surface area contributed by atoms with Gasteiger partial charge in [0.25, 0.3) is 5.69 Å². The van der Waals surface area contributed by atoms with E-state index in [-0.39, 0.29) is 47.0 Å². The molecule has 1 aromatic carbocycles. The fourth-order valence-electron chi connectivity index (χ4n) is 10.8. The number of fused-ring (bicyclic) bond motifs is 5. The summed E-state index contributed by atoms with van der Waals surface area (Å²) in [4.78, 5) is 63.0. The van der Waals surface area contributed by atoms with Crippen LogP contribution >= 0.6 is 0 Å². The Balaban J connectivity index is 1.23. The molecule has 0 N–H and O–H groups in total. The number of nitro groups is 1. The van der Waals surface area contributed by atoms with Crippen molar-refractivity contribution in [3.8, 4) is 0 Å². The van der Waals surface area contributed by atoms with Crippen LogP contribution in [-0.4, -0.2) is 45.9 Å². The number of ketones is 1. The van der Waals surface area contributed by atoms with Gasteiger partial charge in [-0.3, -0.25) is 29.3 Å². The molecule has 1 unspecified atom stereocenters. The number of hydrogen-bond donors (Lipinski definition) is 0. The molecule has 3 saturated carbocycles. The number of Topliss-reactive ketones (excluding diaryl/α,β-unsaturated/α-hetero) is 1. The van der Waals surface area contributed by atoms with Crippen LogP contribution in [0.3, 0.4) is 0 Å². The van der Waals surface area contributed by atoms with E-state index in [4.69, 9.17) is 14.2 Å². The molecule has 3 fully saturated rings. The maximum Gasteiger partial charge on any atom is 0.310 e. The van der Waals surface area contributed by atoms with Gasteiger partial charge in [0.15, 0.2) is 5.78 Å². The van der Waals surface area contributed by atoms with Gasteiger partial charge >= 0.3 is 17.9 Å². The summed E-state index contributed by atoms with van der Waals surface area (Å²) in [5.74, 6) is 0.302. The molecule has 0 radical (unpaired) electrons. The van der Waals surface area contributed by atoms with Crippen LogP contribution in [-0.2, 0) is 28.6 Å². The zero-order valence-electron chi connectivity index (χ0n) is 34.0. The van der Waals surface area contributed by atoms with Crippen molar-refractivity contribution in [1.82, 2.24) is 0 Å². The third kappa shape index (κ3) is 9.44. The molecular formula is C44H63NO9. The zero-order chi connectivity index (χ0) is 39.8. The van der Waals surface area contributed by atoms with E-state index in [1.807, 2.05) is 20.8 Å². The van der Waals surface area contributed by atoms with Crippen molar-refractivity contribution in [1.29, 1.82) is 0 Å². The summed E-state index contributed by atoms with van der Waals surface area (Å²) in [6.07, 6.45) is 12.5. The smallest absolute Gasteiger partial charge is 0.310 e. The number of carbonyl (C=O) groups excluding carboxylic acids is 4. The van der Waals surface area contributed by atoms with Crippen molar-refractivity contribution in [2.45, 2.75) is 150 Å². The molecule has 0 aliphatic heterocycles. The number of carbonyl (C=O) groups is 4. The standard InChI is InChI=1S/C44H63NO9/c1-27(10-19-38(47)53-41(2,3)4)34-17-18-35-33-16-13-30-26-32(20-22-43(30,8)36(33)21-23-44(34,35)9)52-40(49)29(25-39(48)54-42(5,6)7)24-37(46)28-11-14-31(15-12-28)45(50)51/h11-12,14-15,21,23,27,29-30,32-36H,10,13,16-20,22,24-26H2,1-9H3/t27-,29+,30-,32-,33+,34?,35+,36+,43+,44-/m1/s1. The highest BCUT2D eigenvalue weighted by Crippen LogP contribution is 2.66. The second-order valence-electron chi connectivity index (χ2n) is 19.3. The summed E-state index contributed by atoms with van der Waals surface area (Å²) in [5, 5.41) is 11.1. The Labute approximate surface area is 321 Å². The minimum absolute atomic E-state index is 0.0892. The van der Waals surface area contributed by atoms with Crippen molar-refractivity contribution >= 4 is 29.4 Å². The van der Waals surface area contributed by atoms with Crippen molar-refractivity contribution in [2.24, 2.45) is 52.3 Å². The molecule has 0 amide bonds. The first-order chi connectivity index (χ1) is 25.1. The van der Waals surface area contributed by atoms with Gasteiger partial charge in [0.05, 0.1) is 17.3 Å². The third-order valence-electron chi connectivity index (χ3n) is 13.3. The predicted octanol–water partition coefficient (Wildman–Crippen LogP) is 9.62. The average molecular weight is 750 g/mol. The monoisotopic (exact) mass is 749 g/mol. The Morgan fingerprint density at radius 3 is 2.17 bits per heavy atom. The fourth-order valence-corrected chi connectivity index (χ4v) is 10.8. The number of non-ortho nitro benzene ring substituents is 1. The SMILES string of the molecule is C[C@H](CCC(=O)OC(C)(C)C)C1CC[C@H]2[C@@H]3CC[C@@H]4C[C@H](OC(=O)[C@H](CC(=O)OC(C)(C)C)CC(=O)c5ccc([N+](=O)[O-])cc5)CC[C@]4(C)[C@H]3C=C[C@]12C. The highest BCUT2D eigenvalue weighted by Gasteiger charge is 2.59. The van der Waals surface area contributed by atoms with Gasteiger partial charge in [0.1, 0.15) is 17.3 Å². The molecule has 54 heavy (non-hydrogen) atoms. The van der Waals surface area contributed by atoms with Crippen molar-refractivity contribution in [3.63, 3.8) is 0 Å². The van der Waals surface area contributed by atoms with Gasteiger partial charge < -0.3 is 14.2 Å². The van der Waals surface area contributed by atoms with Gasteiger partial charge in [0.2, 0.25) is 0 Å². The molecule has 10 nitrogen and oxygen atoms in total. The fraction of sp³-hybridized carbons (Fsp3) is 0.727. The van der Waals surface area contributed by atoms with Crippen LogP contribution in [0, 0.1) is 62.4 Å². The molecule has 0 spiro atoms. The molecule has 10 heteroatoms. The molecule has 0 heterocycles. The molecule has 4 aliphatic carbocycles. The van der Waals surface area contributed by atoms with Crippen LogP contribution < -0.4 is 0 Å². The molecule has 0 bridgehead atoms. The van der Waals surface area contributed by atoms with Gasteiger partial charge in [-0.2, -0.15) is 0 Å². The van der Waals surface area contributed by atoms with E-state index in [9.17, 15) is 29.3 Å².